The van der Waals surface area contributed by atoms with Gasteiger partial charge in [0.15, 0.2) is 0 Å². The largest absolute Gasteiger partial charge is 0.381 e. The van der Waals surface area contributed by atoms with Gasteiger partial charge in [-0.1, -0.05) is 30.7 Å². The molecule has 3 heteroatoms. The van der Waals surface area contributed by atoms with E-state index in [4.69, 9.17) is 16.7 Å². The van der Waals surface area contributed by atoms with Crippen molar-refractivity contribution in [3.05, 3.63) is 34.9 Å². The van der Waals surface area contributed by atoms with Gasteiger partial charge in [-0.3, -0.25) is 4.90 Å². The lowest BCUT2D eigenvalue weighted by Gasteiger charge is -2.16. The lowest BCUT2D eigenvalue weighted by molar-refractivity contribution is 0.114. The van der Waals surface area contributed by atoms with Crippen molar-refractivity contribution in [3.63, 3.8) is 0 Å². The van der Waals surface area contributed by atoms with Crippen molar-refractivity contribution in [1.82, 2.24) is 4.90 Å². The summed E-state index contributed by atoms with van der Waals surface area (Å²) < 4.78 is 0. The van der Waals surface area contributed by atoms with E-state index in [2.05, 4.69) is 6.07 Å². The summed E-state index contributed by atoms with van der Waals surface area (Å²) in [6.45, 7) is 3.90. The second-order valence-corrected chi connectivity index (χ2v) is 3.67. The molecule has 1 aromatic carbocycles. The normalized spacial score (nSPS) is 10.9. The molecule has 0 aliphatic heterocycles. The van der Waals surface area contributed by atoms with E-state index < -0.39 is 0 Å². The van der Waals surface area contributed by atoms with Crippen LogP contribution in [0.15, 0.2) is 24.3 Å². The van der Waals surface area contributed by atoms with E-state index in [1.54, 1.807) is 0 Å². The van der Waals surface area contributed by atoms with E-state index >= 15 is 0 Å². The summed E-state index contributed by atoms with van der Waals surface area (Å²) in [4.78, 5) is 1.97. The predicted octanol–water partition coefficient (Wildman–Crippen LogP) is 2.15. The van der Waals surface area contributed by atoms with Gasteiger partial charge in [-0.2, -0.15) is 0 Å². The molecule has 0 aromatic heterocycles. The second kappa shape index (κ2) is 6.02. The summed E-state index contributed by atoms with van der Waals surface area (Å²) >= 11 is 5.86. The molecule has 0 unspecified atom stereocenters. The van der Waals surface area contributed by atoms with Crippen molar-refractivity contribution in [2.75, 3.05) is 19.8 Å². The fourth-order valence-corrected chi connectivity index (χ4v) is 1.52. The monoisotopic (exact) mass is 213 g/mol. The van der Waals surface area contributed by atoms with Crippen LogP contribution in [0.25, 0.3) is 0 Å². The van der Waals surface area contributed by atoms with E-state index in [1.807, 2.05) is 30.0 Å². The number of aliphatic hydroxyl groups excluding tert-OH is 1. The Hall–Kier alpha value is -0.570. The first-order valence-corrected chi connectivity index (χ1v) is 5.21. The van der Waals surface area contributed by atoms with Gasteiger partial charge >= 0.3 is 0 Å². The maximum Gasteiger partial charge on any atom is 0.0956 e. The van der Waals surface area contributed by atoms with E-state index in [9.17, 15) is 0 Å². The highest BCUT2D eigenvalue weighted by molar-refractivity contribution is 6.30. The average Bonchev–Trinajstić information content (AvgIpc) is 2.19. The van der Waals surface area contributed by atoms with E-state index in [1.165, 1.54) is 5.56 Å². The van der Waals surface area contributed by atoms with Crippen LogP contribution >= 0.6 is 11.6 Å². The van der Waals surface area contributed by atoms with Crippen LogP contribution in [0.5, 0.6) is 0 Å². The molecule has 0 atom stereocenters. The summed E-state index contributed by atoms with van der Waals surface area (Å²) in [7, 11) is 0. The van der Waals surface area contributed by atoms with Crippen molar-refractivity contribution >= 4 is 11.6 Å². The molecule has 0 radical (unpaired) electrons. The first kappa shape index (κ1) is 11.5. The first-order chi connectivity index (χ1) is 6.76. The van der Waals surface area contributed by atoms with Crippen LogP contribution < -0.4 is 0 Å². The van der Waals surface area contributed by atoms with Gasteiger partial charge < -0.3 is 5.11 Å². The van der Waals surface area contributed by atoms with E-state index in [0.717, 1.165) is 24.5 Å². The lowest BCUT2D eigenvalue weighted by atomic mass is 10.1. The van der Waals surface area contributed by atoms with Gasteiger partial charge in [-0.25, -0.2) is 0 Å². The zero-order chi connectivity index (χ0) is 10.4. The first-order valence-electron chi connectivity index (χ1n) is 4.84. The molecule has 0 amide bonds. The van der Waals surface area contributed by atoms with Crippen molar-refractivity contribution in [3.8, 4) is 0 Å². The molecule has 0 spiro atoms. The standard InChI is InChI=1S/C11H16ClNO/c1-2-13(9-14)7-6-10-4-3-5-11(12)8-10/h3-5,8,14H,2,6-7,9H2,1H3. The van der Waals surface area contributed by atoms with Crippen molar-refractivity contribution in [1.29, 1.82) is 0 Å². The summed E-state index contributed by atoms with van der Waals surface area (Å²) in [6.07, 6.45) is 0.926. The highest BCUT2D eigenvalue weighted by Gasteiger charge is 2.00. The molecule has 0 heterocycles. The van der Waals surface area contributed by atoms with Crippen LogP contribution in [0, 0.1) is 0 Å². The number of rotatable bonds is 5. The Morgan fingerprint density at radius 1 is 1.43 bits per heavy atom. The Balaban J connectivity index is 2.44. The minimum Gasteiger partial charge on any atom is -0.381 e. The molecule has 14 heavy (non-hydrogen) atoms. The third kappa shape index (κ3) is 3.66. The number of aliphatic hydroxyl groups is 1. The zero-order valence-electron chi connectivity index (χ0n) is 8.41. The summed E-state index contributed by atoms with van der Waals surface area (Å²) in [5.74, 6) is 0. The van der Waals surface area contributed by atoms with Gasteiger partial charge in [0.25, 0.3) is 0 Å². The number of likely N-dealkylation sites (N-methyl/N-ethyl adjacent to an activating group) is 1. The maximum absolute atomic E-state index is 8.96. The molecule has 78 valence electrons. The van der Waals surface area contributed by atoms with Gasteiger partial charge in [0.1, 0.15) is 0 Å². The topological polar surface area (TPSA) is 23.5 Å². The molecule has 0 aliphatic rings. The molecule has 2 nitrogen and oxygen atoms in total. The molecule has 0 saturated heterocycles. The fraction of sp³-hybridized carbons (Fsp3) is 0.455. The van der Waals surface area contributed by atoms with E-state index in [0.29, 0.717) is 0 Å². The Kier molecular flexibility index (Phi) is 4.94. The van der Waals surface area contributed by atoms with Crippen LogP contribution in [-0.2, 0) is 6.42 Å². The molecule has 1 N–H and O–H groups in total. The van der Waals surface area contributed by atoms with E-state index in [-0.39, 0.29) is 6.73 Å². The number of halogens is 1. The van der Waals surface area contributed by atoms with Gasteiger partial charge in [-0.05, 0) is 30.7 Å². The van der Waals surface area contributed by atoms with Crippen LogP contribution in [-0.4, -0.2) is 29.8 Å². The summed E-state index contributed by atoms with van der Waals surface area (Å²) in [5.41, 5.74) is 1.21. The Labute approximate surface area is 90.1 Å². The van der Waals surface area contributed by atoms with Gasteiger partial charge in [0, 0.05) is 11.6 Å². The second-order valence-electron chi connectivity index (χ2n) is 3.23. The predicted molar refractivity (Wildman–Crippen MR) is 59.5 cm³/mol. The quantitative estimate of drug-likeness (QED) is 0.758. The number of hydrogen-bond acceptors (Lipinski definition) is 2. The van der Waals surface area contributed by atoms with Crippen molar-refractivity contribution < 1.29 is 5.11 Å². The van der Waals surface area contributed by atoms with Gasteiger partial charge in [0.05, 0.1) is 6.73 Å². The lowest BCUT2D eigenvalue weighted by Crippen LogP contribution is -2.26. The van der Waals surface area contributed by atoms with Crippen LogP contribution in [0.3, 0.4) is 0 Å². The number of hydrogen-bond donors (Lipinski definition) is 1. The highest BCUT2D eigenvalue weighted by atomic mass is 35.5. The SMILES string of the molecule is CCN(CO)CCc1cccc(Cl)c1. The minimum atomic E-state index is 0.122. The molecule has 0 fully saturated rings. The van der Waals surface area contributed by atoms with Crippen LogP contribution in [0.4, 0.5) is 0 Å². The molecule has 0 saturated carbocycles. The molecule has 0 bridgehead atoms. The molecule has 1 aromatic rings. The Morgan fingerprint density at radius 3 is 2.79 bits per heavy atom. The smallest absolute Gasteiger partial charge is 0.0956 e. The van der Waals surface area contributed by atoms with Crippen LogP contribution in [0.2, 0.25) is 5.02 Å². The molecular weight excluding hydrogens is 198 g/mol. The maximum atomic E-state index is 8.96. The molecular formula is C11H16ClNO. The summed E-state index contributed by atoms with van der Waals surface area (Å²) in [6, 6.07) is 7.84. The minimum absolute atomic E-state index is 0.122. The van der Waals surface area contributed by atoms with Gasteiger partial charge in [0.2, 0.25) is 0 Å². The zero-order valence-corrected chi connectivity index (χ0v) is 9.17. The van der Waals surface area contributed by atoms with Gasteiger partial charge in [-0.15, -0.1) is 0 Å². The molecule has 1 rings (SSSR count). The molecule has 0 aliphatic carbocycles. The third-order valence-corrected chi connectivity index (χ3v) is 2.49. The van der Waals surface area contributed by atoms with Crippen molar-refractivity contribution in [2.24, 2.45) is 0 Å². The highest BCUT2D eigenvalue weighted by Crippen LogP contribution is 2.11. The van der Waals surface area contributed by atoms with Crippen molar-refractivity contribution in [2.45, 2.75) is 13.3 Å². The number of nitrogens with zero attached hydrogens (tertiary/aromatic N) is 1. The fourth-order valence-electron chi connectivity index (χ4n) is 1.31. The Bertz CT molecular complexity index is 274. The summed E-state index contributed by atoms with van der Waals surface area (Å²) in [5, 5.41) is 9.73. The third-order valence-electron chi connectivity index (χ3n) is 2.25. The Morgan fingerprint density at radius 2 is 2.21 bits per heavy atom. The average molecular weight is 214 g/mol. The van der Waals surface area contributed by atoms with Crippen LogP contribution in [0.1, 0.15) is 12.5 Å². The number of benzene rings is 1.